The Labute approximate surface area is 117 Å². The molecule has 4 nitrogen and oxygen atoms in total. The van der Waals surface area contributed by atoms with Gasteiger partial charge in [0, 0.05) is 17.6 Å². The van der Waals surface area contributed by atoms with Gasteiger partial charge >= 0.3 is 6.03 Å². The molecule has 1 aromatic carbocycles. The number of likely N-dealkylation sites (N-methyl/N-ethyl adjacent to an activating group) is 1. The van der Waals surface area contributed by atoms with E-state index in [1.807, 2.05) is 0 Å². The van der Waals surface area contributed by atoms with Gasteiger partial charge in [-0.25, -0.2) is 9.18 Å². The van der Waals surface area contributed by atoms with Crippen molar-refractivity contribution in [3.63, 3.8) is 0 Å². The van der Waals surface area contributed by atoms with Crippen LogP contribution in [0.1, 0.15) is 13.8 Å². The molecule has 106 valence electrons. The maximum Gasteiger partial charge on any atom is 0.321 e. The van der Waals surface area contributed by atoms with Crippen molar-refractivity contribution < 1.29 is 14.3 Å². The molecule has 1 rings (SSSR count). The van der Waals surface area contributed by atoms with Crippen LogP contribution in [0, 0.1) is 5.82 Å². The Bertz CT molecular complexity index is 460. The van der Waals surface area contributed by atoms with Crippen molar-refractivity contribution in [2.75, 3.05) is 25.2 Å². The number of urea groups is 1. The van der Waals surface area contributed by atoms with Crippen LogP contribution in [0.2, 0.25) is 0 Å². The first kappa shape index (κ1) is 15.8. The SMILES string of the molecule is CSc1ccc(NC(=O)N(C)CC(C)(C)O)cc1F. The van der Waals surface area contributed by atoms with Gasteiger partial charge in [0.15, 0.2) is 0 Å². The molecule has 0 heterocycles. The van der Waals surface area contributed by atoms with Crippen LogP contribution >= 0.6 is 11.8 Å². The fraction of sp³-hybridized carbons (Fsp3) is 0.462. The minimum atomic E-state index is -0.972. The summed E-state index contributed by atoms with van der Waals surface area (Å²) in [6, 6.07) is 4.15. The van der Waals surface area contributed by atoms with Crippen LogP contribution in [-0.2, 0) is 0 Å². The molecule has 2 amide bonds. The molecular formula is C13H19FN2O2S. The molecular weight excluding hydrogens is 267 g/mol. The van der Waals surface area contributed by atoms with Gasteiger partial charge in [0.05, 0.1) is 12.1 Å². The third-order valence-corrected chi connectivity index (χ3v) is 3.14. The van der Waals surface area contributed by atoms with E-state index < -0.39 is 11.6 Å². The highest BCUT2D eigenvalue weighted by Gasteiger charge is 2.19. The second-order valence-corrected chi connectivity index (χ2v) is 5.80. The van der Waals surface area contributed by atoms with Gasteiger partial charge in [-0.15, -0.1) is 11.8 Å². The number of aliphatic hydroxyl groups is 1. The lowest BCUT2D eigenvalue weighted by molar-refractivity contribution is 0.0550. The van der Waals surface area contributed by atoms with E-state index in [1.165, 1.54) is 22.7 Å². The molecule has 19 heavy (non-hydrogen) atoms. The highest BCUT2D eigenvalue weighted by Crippen LogP contribution is 2.22. The Hall–Kier alpha value is -1.27. The maximum absolute atomic E-state index is 13.5. The van der Waals surface area contributed by atoms with E-state index in [9.17, 15) is 14.3 Å². The van der Waals surface area contributed by atoms with Gasteiger partial charge in [-0.05, 0) is 38.3 Å². The number of carbonyl (C=O) groups excluding carboxylic acids is 1. The summed E-state index contributed by atoms with van der Waals surface area (Å²) in [5, 5.41) is 12.2. The Morgan fingerprint density at radius 2 is 2.16 bits per heavy atom. The quantitative estimate of drug-likeness (QED) is 0.837. The molecule has 1 aromatic rings. The minimum Gasteiger partial charge on any atom is -0.389 e. The van der Waals surface area contributed by atoms with Gasteiger partial charge in [-0.3, -0.25) is 0 Å². The number of thioether (sulfide) groups is 1. The molecule has 0 unspecified atom stereocenters. The number of anilines is 1. The van der Waals surface area contributed by atoms with Crippen LogP contribution in [-0.4, -0.2) is 41.5 Å². The summed E-state index contributed by atoms with van der Waals surface area (Å²) in [5.41, 5.74) is -0.581. The fourth-order valence-electron chi connectivity index (χ4n) is 1.62. The van der Waals surface area contributed by atoms with E-state index in [0.717, 1.165) is 0 Å². The zero-order chi connectivity index (χ0) is 14.6. The molecule has 0 aliphatic carbocycles. The summed E-state index contributed by atoms with van der Waals surface area (Å²) >= 11 is 1.31. The van der Waals surface area contributed by atoms with Crippen molar-refractivity contribution in [1.29, 1.82) is 0 Å². The third-order valence-electron chi connectivity index (χ3n) is 2.37. The van der Waals surface area contributed by atoms with E-state index >= 15 is 0 Å². The van der Waals surface area contributed by atoms with E-state index in [2.05, 4.69) is 5.32 Å². The van der Waals surface area contributed by atoms with Crippen LogP contribution < -0.4 is 5.32 Å². The lowest BCUT2D eigenvalue weighted by Crippen LogP contribution is -2.41. The molecule has 0 saturated carbocycles. The van der Waals surface area contributed by atoms with Crippen molar-refractivity contribution in [2.24, 2.45) is 0 Å². The number of nitrogens with zero attached hydrogens (tertiary/aromatic N) is 1. The zero-order valence-corrected chi connectivity index (χ0v) is 12.3. The van der Waals surface area contributed by atoms with E-state index in [1.54, 1.807) is 39.3 Å². The summed E-state index contributed by atoms with van der Waals surface area (Å²) < 4.78 is 13.5. The van der Waals surface area contributed by atoms with Gasteiger partial charge in [0.2, 0.25) is 0 Å². The fourth-order valence-corrected chi connectivity index (χ4v) is 2.07. The monoisotopic (exact) mass is 286 g/mol. The number of halogens is 1. The number of hydrogen-bond acceptors (Lipinski definition) is 3. The number of amides is 2. The van der Waals surface area contributed by atoms with Crippen LogP contribution in [0.15, 0.2) is 23.1 Å². The summed E-state index contributed by atoms with van der Waals surface area (Å²) in [6.45, 7) is 3.41. The minimum absolute atomic E-state index is 0.185. The second-order valence-electron chi connectivity index (χ2n) is 4.95. The van der Waals surface area contributed by atoms with E-state index in [-0.39, 0.29) is 12.4 Å². The van der Waals surface area contributed by atoms with Crippen LogP contribution in [0.25, 0.3) is 0 Å². The number of hydrogen-bond donors (Lipinski definition) is 2. The Morgan fingerprint density at radius 3 is 2.63 bits per heavy atom. The predicted octanol–water partition coefficient (Wildman–Crippen LogP) is 2.78. The van der Waals surface area contributed by atoms with Gasteiger partial charge in [0.1, 0.15) is 5.82 Å². The van der Waals surface area contributed by atoms with E-state index in [0.29, 0.717) is 10.6 Å². The number of nitrogens with one attached hydrogen (secondary N) is 1. The van der Waals surface area contributed by atoms with Gasteiger partial charge in [0.25, 0.3) is 0 Å². The molecule has 0 saturated heterocycles. The summed E-state index contributed by atoms with van der Waals surface area (Å²) in [7, 11) is 1.57. The summed E-state index contributed by atoms with van der Waals surface area (Å²) in [4.78, 5) is 13.7. The third kappa shape index (κ3) is 5.08. The topological polar surface area (TPSA) is 52.6 Å². The average molecular weight is 286 g/mol. The number of benzene rings is 1. The van der Waals surface area contributed by atoms with Crippen molar-refractivity contribution >= 4 is 23.5 Å². The Kier molecular flexibility index (Phi) is 5.20. The lowest BCUT2D eigenvalue weighted by Gasteiger charge is -2.25. The molecule has 0 aliphatic heterocycles. The summed E-state index contributed by atoms with van der Waals surface area (Å²) in [5.74, 6) is -0.365. The normalized spacial score (nSPS) is 11.3. The molecule has 0 atom stereocenters. The lowest BCUT2D eigenvalue weighted by atomic mass is 10.1. The summed E-state index contributed by atoms with van der Waals surface area (Å²) in [6.07, 6.45) is 1.79. The van der Waals surface area contributed by atoms with Gasteiger partial charge in [-0.1, -0.05) is 0 Å². The van der Waals surface area contributed by atoms with Crippen LogP contribution in [0.5, 0.6) is 0 Å². The molecule has 0 aliphatic rings. The van der Waals surface area contributed by atoms with E-state index in [4.69, 9.17) is 0 Å². The molecule has 0 aromatic heterocycles. The molecule has 0 fully saturated rings. The largest absolute Gasteiger partial charge is 0.389 e. The van der Waals surface area contributed by atoms with Gasteiger partial charge in [-0.2, -0.15) is 0 Å². The first-order chi connectivity index (χ1) is 8.73. The molecule has 0 bridgehead atoms. The van der Waals surface area contributed by atoms with Crippen molar-refractivity contribution in [3.05, 3.63) is 24.0 Å². The zero-order valence-electron chi connectivity index (χ0n) is 11.5. The first-order valence-electron chi connectivity index (χ1n) is 5.81. The first-order valence-corrected chi connectivity index (χ1v) is 7.03. The molecule has 0 spiro atoms. The van der Waals surface area contributed by atoms with Crippen LogP contribution in [0.3, 0.4) is 0 Å². The smallest absolute Gasteiger partial charge is 0.321 e. The number of rotatable bonds is 4. The Morgan fingerprint density at radius 1 is 1.53 bits per heavy atom. The molecule has 6 heteroatoms. The molecule has 2 N–H and O–H groups in total. The Balaban J connectivity index is 2.69. The number of carbonyl (C=O) groups is 1. The highest BCUT2D eigenvalue weighted by atomic mass is 32.2. The predicted molar refractivity (Wildman–Crippen MR) is 76.1 cm³/mol. The van der Waals surface area contributed by atoms with Crippen LogP contribution in [0.4, 0.5) is 14.9 Å². The average Bonchev–Trinajstić information content (AvgIpc) is 2.27. The highest BCUT2D eigenvalue weighted by molar-refractivity contribution is 7.98. The van der Waals surface area contributed by atoms with Crippen molar-refractivity contribution in [2.45, 2.75) is 24.3 Å². The van der Waals surface area contributed by atoms with Gasteiger partial charge < -0.3 is 15.3 Å². The second kappa shape index (κ2) is 6.25. The standard InChI is InChI=1S/C13H19FN2O2S/c1-13(2,18)8-16(3)12(17)15-9-5-6-11(19-4)10(14)7-9/h5-7,18H,8H2,1-4H3,(H,15,17). The van der Waals surface area contributed by atoms with Crippen molar-refractivity contribution in [3.8, 4) is 0 Å². The molecule has 0 radical (unpaired) electrons. The van der Waals surface area contributed by atoms with Crippen molar-refractivity contribution in [1.82, 2.24) is 4.90 Å². The maximum atomic E-state index is 13.5.